The monoisotopic (exact) mass is 655 g/mol. The van der Waals surface area contributed by atoms with Crippen molar-refractivity contribution in [2.45, 2.75) is 71.5 Å². The Morgan fingerprint density at radius 1 is 0.881 bits per heavy atom. The standard InChI is InChI=1S/C33H42BrN3O4S/c1-6-25-16-20-29(21-17-25)37(42(5,40)41)22-10-13-31(38)36(24-27-14-18-28(34)19-15-27)30(32(39)35-33(2,3)4)23-26-11-8-7-9-12-26/h7-9,11-12,14-21,30H,6,10,13,22-24H2,1-5H3,(H,35,39)/t30-/m0/s1. The number of rotatable bonds is 13. The van der Waals surface area contributed by atoms with Crippen LogP contribution in [0.3, 0.4) is 0 Å². The maximum absolute atomic E-state index is 13.9. The number of benzene rings is 3. The molecule has 0 aliphatic rings. The highest BCUT2D eigenvalue weighted by Gasteiger charge is 2.32. The second-order valence-corrected chi connectivity index (χ2v) is 14.4. The van der Waals surface area contributed by atoms with E-state index in [2.05, 4.69) is 21.2 Å². The number of carbonyl (C=O) groups is 2. The van der Waals surface area contributed by atoms with Crippen LogP contribution in [0.5, 0.6) is 0 Å². The Bertz CT molecular complexity index is 1420. The third-order valence-electron chi connectivity index (χ3n) is 6.82. The topological polar surface area (TPSA) is 86.8 Å². The van der Waals surface area contributed by atoms with Crippen LogP contribution in [0.1, 0.15) is 57.2 Å². The van der Waals surface area contributed by atoms with Crippen LogP contribution in [-0.4, -0.2) is 49.5 Å². The molecule has 0 saturated heterocycles. The van der Waals surface area contributed by atoms with Crippen LogP contribution in [0.2, 0.25) is 0 Å². The summed E-state index contributed by atoms with van der Waals surface area (Å²) >= 11 is 3.46. The highest BCUT2D eigenvalue weighted by molar-refractivity contribution is 9.10. The molecule has 9 heteroatoms. The van der Waals surface area contributed by atoms with Gasteiger partial charge in [0.15, 0.2) is 0 Å². The lowest BCUT2D eigenvalue weighted by Crippen LogP contribution is -2.54. The molecule has 0 saturated carbocycles. The zero-order valence-electron chi connectivity index (χ0n) is 25.1. The fourth-order valence-electron chi connectivity index (χ4n) is 4.70. The molecule has 3 rings (SSSR count). The highest BCUT2D eigenvalue weighted by Crippen LogP contribution is 2.22. The Morgan fingerprint density at radius 3 is 2.02 bits per heavy atom. The Hall–Kier alpha value is -3.17. The van der Waals surface area contributed by atoms with Gasteiger partial charge in [-0.2, -0.15) is 0 Å². The molecule has 2 amide bonds. The summed E-state index contributed by atoms with van der Waals surface area (Å²) in [5.41, 5.74) is 3.03. The van der Waals surface area contributed by atoms with E-state index < -0.39 is 21.6 Å². The molecule has 1 atom stereocenters. The minimum atomic E-state index is -3.56. The van der Waals surface area contributed by atoms with Gasteiger partial charge in [-0.3, -0.25) is 13.9 Å². The van der Waals surface area contributed by atoms with Gasteiger partial charge in [0.1, 0.15) is 6.04 Å². The molecule has 7 nitrogen and oxygen atoms in total. The van der Waals surface area contributed by atoms with E-state index in [0.717, 1.165) is 27.6 Å². The Labute approximate surface area is 259 Å². The fourth-order valence-corrected chi connectivity index (χ4v) is 5.92. The van der Waals surface area contributed by atoms with Crippen molar-refractivity contribution in [2.24, 2.45) is 0 Å². The zero-order chi connectivity index (χ0) is 30.9. The Kier molecular flexibility index (Phi) is 11.8. The van der Waals surface area contributed by atoms with Crippen LogP contribution >= 0.6 is 15.9 Å². The van der Waals surface area contributed by atoms with Crippen LogP contribution < -0.4 is 9.62 Å². The zero-order valence-corrected chi connectivity index (χ0v) is 27.5. The summed E-state index contributed by atoms with van der Waals surface area (Å²) in [5, 5.41) is 3.07. The minimum Gasteiger partial charge on any atom is -0.350 e. The van der Waals surface area contributed by atoms with Crippen molar-refractivity contribution in [3.63, 3.8) is 0 Å². The van der Waals surface area contributed by atoms with Crippen molar-refractivity contribution in [1.82, 2.24) is 10.2 Å². The van der Waals surface area contributed by atoms with Crippen LogP contribution in [0.15, 0.2) is 83.3 Å². The number of amides is 2. The molecule has 0 unspecified atom stereocenters. The molecule has 3 aromatic rings. The Morgan fingerprint density at radius 2 is 1.48 bits per heavy atom. The molecule has 0 aliphatic heterocycles. The van der Waals surface area contributed by atoms with Crippen LogP contribution in [0.4, 0.5) is 5.69 Å². The van der Waals surface area contributed by atoms with E-state index in [-0.39, 0.29) is 31.3 Å². The third-order valence-corrected chi connectivity index (χ3v) is 8.54. The predicted molar refractivity (Wildman–Crippen MR) is 174 cm³/mol. The van der Waals surface area contributed by atoms with E-state index in [1.165, 1.54) is 10.6 Å². The summed E-state index contributed by atoms with van der Waals surface area (Å²) in [4.78, 5) is 29.3. The average molecular weight is 657 g/mol. The number of aryl methyl sites for hydroxylation is 1. The van der Waals surface area contributed by atoms with Gasteiger partial charge in [0.25, 0.3) is 0 Å². The first-order chi connectivity index (χ1) is 19.8. The molecule has 1 N–H and O–H groups in total. The summed E-state index contributed by atoms with van der Waals surface area (Å²) in [6.45, 7) is 8.19. The SMILES string of the molecule is CCc1ccc(N(CCCC(=O)N(Cc2ccc(Br)cc2)[C@@H](Cc2ccccc2)C(=O)NC(C)(C)C)S(C)(=O)=O)cc1. The number of nitrogens with one attached hydrogen (secondary N) is 1. The maximum atomic E-state index is 13.9. The summed E-state index contributed by atoms with van der Waals surface area (Å²) < 4.78 is 27.6. The Balaban J connectivity index is 1.88. The van der Waals surface area contributed by atoms with E-state index in [4.69, 9.17) is 0 Å². The van der Waals surface area contributed by atoms with Crippen LogP contribution in [0.25, 0.3) is 0 Å². The summed E-state index contributed by atoms with van der Waals surface area (Å²) in [6.07, 6.45) is 2.77. The molecule has 0 spiro atoms. The van der Waals surface area contributed by atoms with Gasteiger partial charge in [-0.1, -0.05) is 77.5 Å². The molecule has 0 aromatic heterocycles. The van der Waals surface area contributed by atoms with Gasteiger partial charge in [0, 0.05) is 35.9 Å². The normalized spacial score (nSPS) is 12.4. The fraction of sp³-hybridized carbons (Fsp3) is 0.394. The van der Waals surface area contributed by atoms with Gasteiger partial charge in [0.2, 0.25) is 21.8 Å². The molecular weight excluding hydrogens is 614 g/mol. The van der Waals surface area contributed by atoms with Crippen molar-refractivity contribution in [2.75, 3.05) is 17.1 Å². The third kappa shape index (κ3) is 10.3. The summed E-state index contributed by atoms with van der Waals surface area (Å²) in [7, 11) is -3.56. The molecule has 0 radical (unpaired) electrons. The molecule has 42 heavy (non-hydrogen) atoms. The predicted octanol–water partition coefficient (Wildman–Crippen LogP) is 6.11. The second kappa shape index (κ2) is 14.8. The van der Waals surface area contributed by atoms with Gasteiger partial charge in [-0.25, -0.2) is 8.42 Å². The van der Waals surface area contributed by atoms with Crippen LogP contribution in [-0.2, 0) is 39.0 Å². The second-order valence-electron chi connectivity index (χ2n) is 11.6. The largest absolute Gasteiger partial charge is 0.350 e. The number of carbonyl (C=O) groups excluding carboxylic acids is 2. The first-order valence-corrected chi connectivity index (χ1v) is 16.9. The molecule has 0 heterocycles. The molecule has 3 aromatic carbocycles. The van der Waals surface area contributed by atoms with Crippen molar-refractivity contribution in [3.05, 3.63) is 100 Å². The van der Waals surface area contributed by atoms with E-state index >= 15 is 0 Å². The average Bonchev–Trinajstić information content (AvgIpc) is 2.93. The quantitative estimate of drug-likeness (QED) is 0.241. The number of halogens is 1. The van der Waals surface area contributed by atoms with Crippen LogP contribution in [0, 0.1) is 0 Å². The van der Waals surface area contributed by atoms with E-state index in [0.29, 0.717) is 18.5 Å². The van der Waals surface area contributed by atoms with Crippen molar-refractivity contribution < 1.29 is 18.0 Å². The lowest BCUT2D eigenvalue weighted by Gasteiger charge is -2.34. The van der Waals surface area contributed by atoms with Gasteiger partial charge in [-0.05, 0) is 74.6 Å². The number of hydrogen-bond donors (Lipinski definition) is 1. The molecule has 0 bridgehead atoms. The summed E-state index contributed by atoms with van der Waals surface area (Å²) in [6, 6.07) is 24.0. The highest BCUT2D eigenvalue weighted by atomic mass is 79.9. The molecule has 0 aliphatic carbocycles. The van der Waals surface area contributed by atoms with Crippen molar-refractivity contribution in [1.29, 1.82) is 0 Å². The summed E-state index contributed by atoms with van der Waals surface area (Å²) in [5.74, 6) is -0.441. The minimum absolute atomic E-state index is 0.0870. The van der Waals surface area contributed by atoms with Crippen molar-refractivity contribution >= 4 is 43.5 Å². The first kappa shape index (κ1) is 33.3. The van der Waals surface area contributed by atoms with Gasteiger partial charge in [0.05, 0.1) is 11.9 Å². The number of hydrogen-bond acceptors (Lipinski definition) is 4. The lowest BCUT2D eigenvalue weighted by atomic mass is 10.00. The lowest BCUT2D eigenvalue weighted by molar-refractivity contribution is -0.142. The maximum Gasteiger partial charge on any atom is 0.243 e. The van der Waals surface area contributed by atoms with Gasteiger partial charge in [-0.15, -0.1) is 0 Å². The van der Waals surface area contributed by atoms with Gasteiger partial charge >= 0.3 is 0 Å². The molecule has 0 fully saturated rings. The molecule has 226 valence electrons. The van der Waals surface area contributed by atoms with E-state index in [1.54, 1.807) is 17.0 Å². The van der Waals surface area contributed by atoms with E-state index in [1.807, 2.05) is 94.4 Å². The first-order valence-electron chi connectivity index (χ1n) is 14.2. The number of nitrogens with zero attached hydrogens (tertiary/aromatic N) is 2. The number of anilines is 1. The smallest absolute Gasteiger partial charge is 0.243 e. The molecular formula is C33H42BrN3O4S. The number of sulfonamides is 1. The van der Waals surface area contributed by atoms with Gasteiger partial charge < -0.3 is 10.2 Å². The van der Waals surface area contributed by atoms with E-state index in [9.17, 15) is 18.0 Å². The van der Waals surface area contributed by atoms with Crippen molar-refractivity contribution in [3.8, 4) is 0 Å².